The van der Waals surface area contributed by atoms with Crippen molar-refractivity contribution in [2.45, 2.75) is 18.9 Å². The van der Waals surface area contributed by atoms with Crippen LogP contribution in [0.4, 0.5) is 10.7 Å². The fourth-order valence-electron chi connectivity index (χ4n) is 3.12. The molecule has 0 saturated carbocycles. The van der Waals surface area contributed by atoms with Gasteiger partial charge in [0, 0.05) is 51.2 Å². The molecule has 1 aromatic heterocycles. The molecule has 1 atom stereocenters. The summed E-state index contributed by atoms with van der Waals surface area (Å²) >= 11 is 0. The maximum absolute atomic E-state index is 12.3. The van der Waals surface area contributed by atoms with E-state index in [-0.39, 0.29) is 6.03 Å². The summed E-state index contributed by atoms with van der Waals surface area (Å²) in [5.41, 5.74) is 0. The van der Waals surface area contributed by atoms with Gasteiger partial charge in [0.05, 0.1) is 0 Å². The topological polar surface area (TPSA) is 64.6 Å². The molecule has 0 radical (unpaired) electrons. The lowest BCUT2D eigenvalue weighted by Gasteiger charge is -2.35. The minimum absolute atomic E-state index is 0.0499. The van der Waals surface area contributed by atoms with Gasteiger partial charge in [0.2, 0.25) is 5.95 Å². The monoisotopic (exact) mass is 304 g/mol. The summed E-state index contributed by atoms with van der Waals surface area (Å²) in [7, 11) is 2.13. The average Bonchev–Trinajstić information content (AvgIpc) is 2.99. The lowest BCUT2D eigenvalue weighted by molar-refractivity contribution is 0.190. The Labute approximate surface area is 131 Å². The molecule has 7 nitrogen and oxygen atoms in total. The first kappa shape index (κ1) is 15.0. The van der Waals surface area contributed by atoms with Crippen LogP contribution in [0, 0.1) is 0 Å². The number of nitrogens with one attached hydrogen (secondary N) is 1. The molecular formula is C15H24N6O. The normalized spacial score (nSPS) is 22.9. The summed E-state index contributed by atoms with van der Waals surface area (Å²) in [5, 5.41) is 3.07. The van der Waals surface area contributed by atoms with Gasteiger partial charge in [-0.1, -0.05) is 0 Å². The maximum Gasteiger partial charge on any atom is 0.317 e. The van der Waals surface area contributed by atoms with Crippen LogP contribution in [0.2, 0.25) is 0 Å². The van der Waals surface area contributed by atoms with Crippen molar-refractivity contribution in [2.24, 2.45) is 0 Å². The van der Waals surface area contributed by atoms with Gasteiger partial charge in [-0.15, -0.1) is 0 Å². The molecule has 0 bridgehead atoms. The maximum atomic E-state index is 12.3. The second kappa shape index (κ2) is 6.91. The highest BCUT2D eigenvalue weighted by atomic mass is 16.2. The molecule has 22 heavy (non-hydrogen) atoms. The molecule has 2 aliphatic heterocycles. The van der Waals surface area contributed by atoms with Gasteiger partial charge in [0.25, 0.3) is 0 Å². The van der Waals surface area contributed by atoms with Gasteiger partial charge in [-0.3, -0.25) is 0 Å². The van der Waals surface area contributed by atoms with Gasteiger partial charge in [0.1, 0.15) is 0 Å². The quantitative estimate of drug-likeness (QED) is 0.876. The molecule has 0 spiro atoms. The summed E-state index contributed by atoms with van der Waals surface area (Å²) < 4.78 is 0. The van der Waals surface area contributed by atoms with Crippen LogP contribution >= 0.6 is 0 Å². The number of rotatable bonds is 3. The van der Waals surface area contributed by atoms with Crippen molar-refractivity contribution in [3.05, 3.63) is 18.5 Å². The number of aromatic nitrogens is 2. The molecule has 0 aliphatic carbocycles. The number of hydrogen-bond acceptors (Lipinski definition) is 5. The summed E-state index contributed by atoms with van der Waals surface area (Å²) in [4.78, 5) is 27.1. The van der Waals surface area contributed by atoms with Gasteiger partial charge in [-0.2, -0.15) is 0 Å². The molecule has 0 aromatic carbocycles. The summed E-state index contributed by atoms with van der Waals surface area (Å²) in [6, 6.07) is 2.35. The molecule has 1 unspecified atom stereocenters. The number of piperazine rings is 1. The number of likely N-dealkylation sites (tertiary alicyclic amines) is 1. The van der Waals surface area contributed by atoms with Crippen LogP contribution in [-0.2, 0) is 0 Å². The number of amides is 2. The zero-order valence-electron chi connectivity index (χ0n) is 13.1. The van der Waals surface area contributed by atoms with Gasteiger partial charge in [-0.05, 0) is 32.5 Å². The first-order chi connectivity index (χ1) is 10.7. The number of urea groups is 1. The van der Waals surface area contributed by atoms with E-state index in [0.717, 1.165) is 32.1 Å². The lowest BCUT2D eigenvalue weighted by Crippen LogP contribution is -2.53. The van der Waals surface area contributed by atoms with Crippen LogP contribution < -0.4 is 10.2 Å². The second-order valence-electron chi connectivity index (χ2n) is 5.99. The van der Waals surface area contributed by atoms with Crippen molar-refractivity contribution in [2.75, 3.05) is 51.2 Å². The highest BCUT2D eigenvalue weighted by Crippen LogP contribution is 2.14. The van der Waals surface area contributed by atoms with Crippen LogP contribution in [0.25, 0.3) is 0 Å². The molecular weight excluding hydrogens is 280 g/mol. The SMILES string of the molecule is CN1CCCC1CNC(=O)N1CCN(c2ncccn2)CC1. The summed E-state index contributed by atoms with van der Waals surface area (Å²) in [6.45, 7) is 4.87. The molecule has 2 fully saturated rings. The van der Waals surface area contributed by atoms with E-state index in [0.29, 0.717) is 19.1 Å². The summed E-state index contributed by atoms with van der Waals surface area (Å²) in [5.74, 6) is 0.745. The molecule has 3 heterocycles. The molecule has 1 aromatic rings. The molecule has 2 aliphatic rings. The first-order valence-corrected chi connectivity index (χ1v) is 7.99. The molecule has 3 rings (SSSR count). The number of hydrogen-bond donors (Lipinski definition) is 1. The number of anilines is 1. The van der Waals surface area contributed by atoms with Crippen molar-refractivity contribution in [1.29, 1.82) is 0 Å². The minimum Gasteiger partial charge on any atom is -0.337 e. The Hall–Kier alpha value is -1.89. The van der Waals surface area contributed by atoms with Gasteiger partial charge < -0.3 is 20.0 Å². The van der Waals surface area contributed by atoms with Crippen molar-refractivity contribution in [3.63, 3.8) is 0 Å². The lowest BCUT2D eigenvalue weighted by atomic mass is 10.2. The number of likely N-dealkylation sites (N-methyl/N-ethyl adjacent to an activating group) is 1. The fraction of sp³-hybridized carbons (Fsp3) is 0.667. The van der Waals surface area contributed by atoms with Crippen LogP contribution in [-0.4, -0.2) is 78.2 Å². The van der Waals surface area contributed by atoms with Crippen LogP contribution in [0.15, 0.2) is 18.5 Å². The van der Waals surface area contributed by atoms with Gasteiger partial charge in [0.15, 0.2) is 0 Å². The highest BCUT2D eigenvalue weighted by Gasteiger charge is 2.25. The third-order valence-corrected chi connectivity index (χ3v) is 4.56. The van der Waals surface area contributed by atoms with Crippen LogP contribution in [0.1, 0.15) is 12.8 Å². The third-order valence-electron chi connectivity index (χ3n) is 4.56. The molecule has 7 heteroatoms. The zero-order chi connectivity index (χ0) is 15.4. The van der Waals surface area contributed by atoms with E-state index in [1.54, 1.807) is 12.4 Å². The van der Waals surface area contributed by atoms with Crippen molar-refractivity contribution in [1.82, 2.24) is 25.1 Å². The van der Waals surface area contributed by atoms with E-state index in [9.17, 15) is 4.79 Å². The minimum atomic E-state index is 0.0499. The number of nitrogens with zero attached hydrogens (tertiary/aromatic N) is 5. The Kier molecular flexibility index (Phi) is 4.72. The highest BCUT2D eigenvalue weighted by molar-refractivity contribution is 5.74. The second-order valence-corrected chi connectivity index (χ2v) is 5.99. The number of carbonyl (C=O) groups is 1. The van der Waals surface area contributed by atoms with Crippen molar-refractivity contribution in [3.8, 4) is 0 Å². The van der Waals surface area contributed by atoms with E-state index >= 15 is 0 Å². The average molecular weight is 304 g/mol. The predicted molar refractivity (Wildman–Crippen MR) is 84.9 cm³/mol. The van der Waals surface area contributed by atoms with Crippen LogP contribution in [0.3, 0.4) is 0 Å². The Bertz CT molecular complexity index is 488. The Balaban J connectivity index is 1.44. The van der Waals surface area contributed by atoms with E-state index in [2.05, 4.69) is 32.1 Å². The Morgan fingerprint density at radius 1 is 1.23 bits per heavy atom. The molecule has 120 valence electrons. The van der Waals surface area contributed by atoms with E-state index in [1.807, 2.05) is 11.0 Å². The largest absolute Gasteiger partial charge is 0.337 e. The van der Waals surface area contributed by atoms with Gasteiger partial charge >= 0.3 is 6.03 Å². The molecule has 2 saturated heterocycles. The molecule has 1 N–H and O–H groups in total. The summed E-state index contributed by atoms with van der Waals surface area (Å²) in [6.07, 6.45) is 5.90. The van der Waals surface area contributed by atoms with Crippen molar-refractivity contribution < 1.29 is 4.79 Å². The van der Waals surface area contributed by atoms with E-state index in [4.69, 9.17) is 0 Å². The Morgan fingerprint density at radius 2 is 1.95 bits per heavy atom. The zero-order valence-corrected chi connectivity index (χ0v) is 13.1. The fourth-order valence-corrected chi connectivity index (χ4v) is 3.12. The third kappa shape index (κ3) is 3.47. The van der Waals surface area contributed by atoms with E-state index < -0.39 is 0 Å². The van der Waals surface area contributed by atoms with Crippen molar-refractivity contribution >= 4 is 12.0 Å². The number of carbonyl (C=O) groups excluding carboxylic acids is 1. The predicted octanol–water partition coefficient (Wildman–Crippen LogP) is 0.402. The Morgan fingerprint density at radius 3 is 2.59 bits per heavy atom. The standard InChI is InChI=1S/C15H24N6O/c1-19-7-2-4-13(19)12-18-15(22)21-10-8-20(9-11-21)14-16-5-3-6-17-14/h3,5-6,13H,2,4,7-12H2,1H3,(H,18,22). The smallest absolute Gasteiger partial charge is 0.317 e. The van der Waals surface area contributed by atoms with Gasteiger partial charge in [-0.25, -0.2) is 14.8 Å². The van der Waals surface area contributed by atoms with E-state index in [1.165, 1.54) is 12.8 Å². The first-order valence-electron chi connectivity index (χ1n) is 7.99. The molecule has 2 amide bonds. The van der Waals surface area contributed by atoms with Crippen LogP contribution in [0.5, 0.6) is 0 Å².